The Morgan fingerprint density at radius 1 is 0.456 bits per heavy atom. The molecule has 2 aliphatic rings. The predicted octanol–water partition coefficient (Wildman–Crippen LogP) is 15.0. The van der Waals surface area contributed by atoms with E-state index in [1.165, 1.54) is 66.8 Å². The Morgan fingerprint density at radius 2 is 0.947 bits per heavy atom. The Kier molecular flexibility index (Phi) is 8.50. The molecule has 0 heterocycles. The molecule has 0 bridgehead atoms. The van der Waals surface area contributed by atoms with Gasteiger partial charge in [0.15, 0.2) is 0 Å². The van der Waals surface area contributed by atoms with Gasteiger partial charge in [0.05, 0.1) is 5.41 Å². The van der Waals surface area contributed by atoms with Gasteiger partial charge < -0.3 is 4.90 Å². The van der Waals surface area contributed by atoms with Crippen molar-refractivity contribution >= 4 is 22.6 Å². The first-order chi connectivity index (χ1) is 28.2. The van der Waals surface area contributed by atoms with Gasteiger partial charge in [0, 0.05) is 17.1 Å². The number of nitrogens with zero attached hydrogens (tertiary/aromatic N) is 1. The Hall–Kier alpha value is -7.22. The molecule has 0 atom stereocenters. The van der Waals surface area contributed by atoms with E-state index >= 15 is 0 Å². The number of rotatable bonds is 8. The maximum atomic E-state index is 3.99. The summed E-state index contributed by atoms with van der Waals surface area (Å²) in [6.45, 7) is 6.04. The summed E-state index contributed by atoms with van der Waals surface area (Å²) in [5, 5.41) is 0. The molecule has 0 aliphatic heterocycles. The van der Waals surface area contributed by atoms with Gasteiger partial charge in [-0.1, -0.05) is 189 Å². The van der Waals surface area contributed by atoms with Gasteiger partial charge in [-0.25, -0.2) is 0 Å². The Labute approximate surface area is 335 Å². The zero-order valence-corrected chi connectivity index (χ0v) is 31.9. The highest BCUT2D eigenvalue weighted by molar-refractivity contribution is 5.99. The molecule has 2 aliphatic carbocycles. The van der Waals surface area contributed by atoms with Crippen molar-refractivity contribution in [2.24, 2.45) is 0 Å². The molecular weight excluding hydrogens is 687 g/mol. The van der Waals surface area contributed by atoms with Crippen molar-refractivity contribution in [1.29, 1.82) is 0 Å². The first kappa shape index (κ1) is 34.3. The van der Waals surface area contributed by atoms with Gasteiger partial charge in [0.1, 0.15) is 0 Å². The van der Waals surface area contributed by atoms with Crippen LogP contribution in [0.4, 0.5) is 17.1 Å². The first-order valence-electron chi connectivity index (χ1n) is 19.8. The van der Waals surface area contributed by atoms with Crippen molar-refractivity contribution < 1.29 is 0 Å². The van der Waals surface area contributed by atoms with E-state index in [1.54, 1.807) is 0 Å². The predicted molar refractivity (Wildman–Crippen MR) is 241 cm³/mol. The van der Waals surface area contributed by atoms with Gasteiger partial charge in [0.25, 0.3) is 0 Å². The summed E-state index contributed by atoms with van der Waals surface area (Å²) in [5.41, 5.74) is 20.6. The average molecular weight is 728 g/mol. The third-order valence-electron chi connectivity index (χ3n) is 11.8. The van der Waals surface area contributed by atoms with Crippen molar-refractivity contribution in [1.82, 2.24) is 0 Å². The van der Waals surface area contributed by atoms with Gasteiger partial charge >= 0.3 is 0 Å². The van der Waals surface area contributed by atoms with Gasteiger partial charge in [0.2, 0.25) is 0 Å². The number of allylic oxidation sites excluding steroid dienone is 5. The normalized spacial score (nSPS) is 13.2. The maximum Gasteiger partial charge on any atom is 0.0731 e. The second kappa shape index (κ2) is 14.1. The van der Waals surface area contributed by atoms with E-state index < -0.39 is 5.41 Å². The van der Waals surface area contributed by atoms with E-state index in [4.69, 9.17) is 0 Å². The third-order valence-corrected chi connectivity index (χ3v) is 11.8. The van der Waals surface area contributed by atoms with Crippen LogP contribution in [-0.4, -0.2) is 0 Å². The van der Waals surface area contributed by atoms with Crippen molar-refractivity contribution in [3.8, 4) is 44.5 Å². The minimum Gasteiger partial charge on any atom is -0.310 e. The lowest BCUT2D eigenvalue weighted by atomic mass is 9.68. The van der Waals surface area contributed by atoms with Crippen LogP contribution in [0.2, 0.25) is 0 Å². The van der Waals surface area contributed by atoms with E-state index in [9.17, 15) is 0 Å². The monoisotopic (exact) mass is 727 g/mol. The second-order valence-electron chi connectivity index (χ2n) is 14.8. The molecule has 1 heteroatoms. The molecule has 10 rings (SSSR count). The lowest BCUT2D eigenvalue weighted by molar-refractivity contribution is 0.796. The molecule has 0 fully saturated rings. The highest BCUT2D eigenvalue weighted by Crippen LogP contribution is 2.64. The molecule has 0 unspecified atom stereocenters. The summed E-state index contributed by atoms with van der Waals surface area (Å²) in [4.78, 5) is 2.36. The molecule has 8 aromatic carbocycles. The van der Waals surface area contributed by atoms with Crippen LogP contribution in [0.25, 0.3) is 50.1 Å². The minimum atomic E-state index is -0.412. The van der Waals surface area contributed by atoms with Gasteiger partial charge in [-0.3, -0.25) is 0 Å². The minimum absolute atomic E-state index is 0.412. The zero-order valence-electron chi connectivity index (χ0n) is 31.9. The van der Waals surface area contributed by atoms with Crippen LogP contribution in [0.3, 0.4) is 0 Å². The summed E-state index contributed by atoms with van der Waals surface area (Å²) in [7, 11) is 0. The summed E-state index contributed by atoms with van der Waals surface area (Å²) >= 11 is 0. The van der Waals surface area contributed by atoms with E-state index in [-0.39, 0.29) is 0 Å². The number of fused-ring (bicyclic) bond motifs is 10. The number of benzene rings is 8. The highest BCUT2D eigenvalue weighted by Gasteiger charge is 2.52. The van der Waals surface area contributed by atoms with Crippen LogP contribution in [-0.2, 0) is 5.41 Å². The lowest BCUT2D eigenvalue weighted by Crippen LogP contribution is -2.26. The van der Waals surface area contributed by atoms with Crippen LogP contribution >= 0.6 is 0 Å². The van der Waals surface area contributed by atoms with Crippen LogP contribution < -0.4 is 4.90 Å². The van der Waals surface area contributed by atoms with Crippen molar-refractivity contribution in [2.45, 2.75) is 12.3 Å². The molecule has 0 saturated carbocycles. The number of anilines is 3. The molecule has 0 saturated heterocycles. The largest absolute Gasteiger partial charge is 0.310 e. The van der Waals surface area contributed by atoms with E-state index in [1.807, 2.05) is 6.08 Å². The molecule has 57 heavy (non-hydrogen) atoms. The Morgan fingerprint density at radius 3 is 1.54 bits per heavy atom. The zero-order chi connectivity index (χ0) is 38.3. The third kappa shape index (κ3) is 5.46. The molecule has 1 spiro atoms. The van der Waals surface area contributed by atoms with Crippen molar-refractivity contribution in [3.63, 3.8) is 0 Å². The van der Waals surface area contributed by atoms with Crippen molar-refractivity contribution in [2.75, 3.05) is 4.90 Å². The van der Waals surface area contributed by atoms with E-state index in [0.29, 0.717) is 0 Å². The molecule has 0 aromatic heterocycles. The molecule has 8 aromatic rings. The fourth-order valence-corrected chi connectivity index (χ4v) is 9.45. The molecule has 0 radical (unpaired) electrons. The van der Waals surface area contributed by atoms with E-state index in [2.05, 4.69) is 231 Å². The SMILES string of the molecule is C=C/C=C(\C=C/C)c1cccc(N(c2ccc(-c3ccccc3)cc2)c2ccc(-c3cccc4c3C3(c5ccccc5-c5ccccc53)c3ccccc3-4)cc2)c1. The second-order valence-corrected chi connectivity index (χ2v) is 14.8. The molecular formula is C56H41N. The van der Waals surface area contributed by atoms with Crippen LogP contribution in [0.1, 0.15) is 34.7 Å². The standard InChI is InChI=1S/C56H41N/c1-3-16-39(17-4-2)43-20-14-21-46(38-43)57(44-34-30-41(31-35-44)40-18-6-5-7-19-40)45-36-32-42(33-37-45)47-25-15-26-51-50-24-10-13-29-54(50)56(55(47)51)52-27-11-8-22-48(52)49-23-9-12-28-53(49)56/h3-38H,1H2,2H3/b17-4-,39-16+. The fraction of sp³-hybridized carbons (Fsp3) is 0.0357. The molecule has 0 amide bonds. The summed E-state index contributed by atoms with van der Waals surface area (Å²) < 4.78 is 0. The first-order valence-corrected chi connectivity index (χ1v) is 19.8. The molecule has 270 valence electrons. The lowest BCUT2D eigenvalue weighted by Gasteiger charge is -2.32. The van der Waals surface area contributed by atoms with Gasteiger partial charge in [-0.05, 0) is 121 Å². The number of hydrogen-bond acceptors (Lipinski definition) is 1. The molecule has 0 N–H and O–H groups in total. The Bertz CT molecular complexity index is 2790. The highest BCUT2D eigenvalue weighted by atomic mass is 15.1. The van der Waals surface area contributed by atoms with Crippen LogP contribution in [0.5, 0.6) is 0 Å². The summed E-state index contributed by atoms with van der Waals surface area (Å²) in [6, 6.07) is 71.4. The van der Waals surface area contributed by atoms with E-state index in [0.717, 1.165) is 28.2 Å². The summed E-state index contributed by atoms with van der Waals surface area (Å²) in [6.07, 6.45) is 8.13. The van der Waals surface area contributed by atoms with Crippen molar-refractivity contribution in [3.05, 3.63) is 253 Å². The topological polar surface area (TPSA) is 3.24 Å². The quantitative estimate of drug-likeness (QED) is 0.141. The smallest absolute Gasteiger partial charge is 0.0731 e. The summed E-state index contributed by atoms with van der Waals surface area (Å²) in [5.74, 6) is 0. The molecule has 1 nitrogen and oxygen atoms in total. The average Bonchev–Trinajstić information content (AvgIpc) is 3.75. The number of hydrogen-bond donors (Lipinski definition) is 0. The van der Waals surface area contributed by atoms with Gasteiger partial charge in [-0.15, -0.1) is 0 Å². The Balaban J connectivity index is 1.13. The van der Waals surface area contributed by atoms with Crippen LogP contribution in [0, 0.1) is 0 Å². The fourth-order valence-electron chi connectivity index (χ4n) is 9.45. The van der Waals surface area contributed by atoms with Gasteiger partial charge in [-0.2, -0.15) is 0 Å². The maximum absolute atomic E-state index is 3.99. The van der Waals surface area contributed by atoms with Crippen LogP contribution in [0.15, 0.2) is 225 Å².